The van der Waals surface area contributed by atoms with E-state index in [1.165, 1.54) is 29.2 Å². The van der Waals surface area contributed by atoms with Gasteiger partial charge < -0.3 is 5.32 Å². The minimum atomic E-state index is -3.65. The van der Waals surface area contributed by atoms with Gasteiger partial charge in [0, 0.05) is 30.6 Å². The molecule has 1 N–H and O–H groups in total. The number of halogens is 1. The predicted octanol–water partition coefficient (Wildman–Crippen LogP) is 4.05. The Morgan fingerprint density at radius 1 is 1.14 bits per heavy atom. The number of amides is 3. The van der Waals surface area contributed by atoms with Crippen LogP contribution in [-0.4, -0.2) is 48.6 Å². The zero-order chi connectivity index (χ0) is 26.4. The average molecular weight is 529 g/mol. The molecule has 4 rings (SSSR count). The number of aromatic nitrogens is 3. The SMILES string of the molecule is CN1C(=O)N(c2cc(NC(=O)c3cccc(C(C)(C)C)c3)cnc2Cl)Cc2cnc(S(C)(=O)=O)nc21. The lowest BCUT2D eigenvalue weighted by Crippen LogP contribution is -2.46. The highest BCUT2D eigenvalue weighted by molar-refractivity contribution is 7.90. The summed E-state index contributed by atoms with van der Waals surface area (Å²) in [6.07, 6.45) is 3.77. The van der Waals surface area contributed by atoms with Crippen molar-refractivity contribution in [2.45, 2.75) is 37.9 Å². The second-order valence-corrected chi connectivity index (χ2v) is 11.8. The average Bonchev–Trinajstić information content (AvgIpc) is 2.81. The van der Waals surface area contributed by atoms with E-state index in [2.05, 4.69) is 41.0 Å². The van der Waals surface area contributed by atoms with Crippen LogP contribution >= 0.6 is 11.6 Å². The summed E-state index contributed by atoms with van der Waals surface area (Å²) in [7, 11) is -2.17. The first-order chi connectivity index (χ1) is 16.8. The van der Waals surface area contributed by atoms with Crippen LogP contribution < -0.4 is 15.1 Å². The van der Waals surface area contributed by atoms with Gasteiger partial charge in [0.2, 0.25) is 15.0 Å². The van der Waals surface area contributed by atoms with Crippen LogP contribution in [0.5, 0.6) is 0 Å². The Morgan fingerprint density at radius 2 is 1.86 bits per heavy atom. The van der Waals surface area contributed by atoms with E-state index >= 15 is 0 Å². The summed E-state index contributed by atoms with van der Waals surface area (Å²) in [5.41, 5.74) is 2.54. The standard InChI is InChI=1S/C24H25ClN6O4S/c1-24(2,3)16-8-6-7-14(9-16)21(32)28-17-10-18(19(25)26-12-17)31-13-15-11-27-22(36(5,34)35)29-20(15)30(4)23(31)33/h6-12H,13H2,1-5H3,(H,28,32). The summed E-state index contributed by atoms with van der Waals surface area (Å²) in [5.74, 6) is -0.135. The summed E-state index contributed by atoms with van der Waals surface area (Å²) in [6.45, 7) is 6.24. The summed E-state index contributed by atoms with van der Waals surface area (Å²) in [6, 6.07) is 8.42. The maximum Gasteiger partial charge on any atom is 0.330 e. The largest absolute Gasteiger partial charge is 0.330 e. The Kier molecular flexibility index (Phi) is 6.48. The lowest BCUT2D eigenvalue weighted by molar-refractivity contribution is 0.102. The summed E-state index contributed by atoms with van der Waals surface area (Å²) < 4.78 is 23.7. The predicted molar refractivity (Wildman–Crippen MR) is 137 cm³/mol. The Hall–Kier alpha value is -3.57. The van der Waals surface area contributed by atoms with Crippen LogP contribution in [0.25, 0.3) is 0 Å². The van der Waals surface area contributed by atoms with E-state index in [1.54, 1.807) is 12.1 Å². The monoisotopic (exact) mass is 528 g/mol. The second-order valence-electron chi connectivity index (χ2n) is 9.52. The number of anilines is 3. The van der Waals surface area contributed by atoms with Crippen LogP contribution in [0.4, 0.5) is 22.0 Å². The van der Waals surface area contributed by atoms with Crippen molar-refractivity contribution in [3.05, 3.63) is 64.6 Å². The van der Waals surface area contributed by atoms with Crippen LogP contribution in [-0.2, 0) is 21.8 Å². The smallest absolute Gasteiger partial charge is 0.321 e. The zero-order valence-corrected chi connectivity index (χ0v) is 22.0. The third-order valence-corrected chi connectivity index (χ3v) is 6.83. The molecule has 10 nitrogen and oxygen atoms in total. The first kappa shape index (κ1) is 25.5. The van der Waals surface area contributed by atoms with Gasteiger partial charge in [0.05, 0.1) is 24.1 Å². The van der Waals surface area contributed by atoms with Crippen LogP contribution in [0.1, 0.15) is 42.3 Å². The number of urea groups is 1. The van der Waals surface area contributed by atoms with Crippen molar-refractivity contribution in [3.63, 3.8) is 0 Å². The van der Waals surface area contributed by atoms with Gasteiger partial charge in [0.15, 0.2) is 5.15 Å². The van der Waals surface area contributed by atoms with E-state index in [-0.39, 0.29) is 39.7 Å². The van der Waals surface area contributed by atoms with Crippen molar-refractivity contribution in [1.29, 1.82) is 0 Å². The third kappa shape index (κ3) is 5.02. The first-order valence-corrected chi connectivity index (χ1v) is 13.2. The molecule has 0 unspecified atom stereocenters. The van der Waals surface area contributed by atoms with Crippen molar-refractivity contribution < 1.29 is 18.0 Å². The molecular weight excluding hydrogens is 504 g/mol. The molecule has 0 saturated carbocycles. The van der Waals surface area contributed by atoms with Gasteiger partial charge in [-0.15, -0.1) is 0 Å². The van der Waals surface area contributed by atoms with E-state index in [9.17, 15) is 18.0 Å². The van der Waals surface area contributed by atoms with E-state index < -0.39 is 15.9 Å². The maximum atomic E-state index is 13.2. The number of nitrogens with one attached hydrogen (secondary N) is 1. The molecule has 36 heavy (non-hydrogen) atoms. The first-order valence-electron chi connectivity index (χ1n) is 10.9. The molecular formula is C24H25ClN6O4S. The number of carbonyl (C=O) groups excluding carboxylic acids is 2. The summed E-state index contributed by atoms with van der Waals surface area (Å²) >= 11 is 6.33. The van der Waals surface area contributed by atoms with E-state index in [0.29, 0.717) is 16.8 Å². The fourth-order valence-electron chi connectivity index (χ4n) is 3.68. The number of sulfone groups is 1. The van der Waals surface area contributed by atoms with Crippen LogP contribution in [0.3, 0.4) is 0 Å². The Labute approximate surface area is 214 Å². The fraction of sp³-hybridized carbons (Fsp3) is 0.292. The van der Waals surface area contributed by atoms with Crippen molar-refractivity contribution in [2.75, 3.05) is 28.4 Å². The molecule has 3 aromatic rings. The Bertz CT molecular complexity index is 1490. The molecule has 188 valence electrons. The lowest BCUT2D eigenvalue weighted by Gasteiger charge is -2.34. The number of carbonyl (C=O) groups is 2. The number of fused-ring (bicyclic) bond motifs is 1. The second kappa shape index (κ2) is 9.14. The highest BCUT2D eigenvalue weighted by Gasteiger charge is 2.33. The molecule has 0 aliphatic carbocycles. The Morgan fingerprint density at radius 3 is 2.53 bits per heavy atom. The minimum Gasteiger partial charge on any atom is -0.321 e. The van der Waals surface area contributed by atoms with Crippen LogP contribution in [0, 0.1) is 0 Å². The maximum absolute atomic E-state index is 13.2. The number of rotatable bonds is 4. The van der Waals surface area contributed by atoms with Crippen molar-refractivity contribution in [3.8, 4) is 0 Å². The normalized spacial score (nSPS) is 14.0. The highest BCUT2D eigenvalue weighted by Crippen LogP contribution is 2.34. The molecule has 0 radical (unpaired) electrons. The number of hydrogen-bond donors (Lipinski definition) is 1. The number of pyridine rings is 1. The lowest BCUT2D eigenvalue weighted by atomic mass is 9.86. The quantitative estimate of drug-likeness (QED) is 0.400. The molecule has 0 atom stereocenters. The van der Waals surface area contributed by atoms with Crippen LogP contribution in [0.2, 0.25) is 5.15 Å². The molecule has 12 heteroatoms. The van der Waals surface area contributed by atoms with Crippen LogP contribution in [0.15, 0.2) is 47.9 Å². The number of nitrogens with zero attached hydrogens (tertiary/aromatic N) is 5. The fourth-order valence-corrected chi connectivity index (χ4v) is 4.39. The van der Waals surface area contributed by atoms with Gasteiger partial charge in [-0.05, 0) is 29.2 Å². The Balaban J connectivity index is 1.63. The topological polar surface area (TPSA) is 125 Å². The van der Waals surface area contributed by atoms with Gasteiger partial charge in [-0.3, -0.25) is 14.6 Å². The molecule has 0 bridgehead atoms. The van der Waals surface area contributed by atoms with E-state index in [1.807, 2.05) is 18.2 Å². The van der Waals surface area contributed by atoms with Crippen molar-refractivity contribution in [2.24, 2.45) is 0 Å². The molecule has 0 spiro atoms. The molecule has 3 amide bonds. The summed E-state index contributed by atoms with van der Waals surface area (Å²) in [5, 5.41) is 2.50. The van der Waals surface area contributed by atoms with Gasteiger partial charge in [-0.2, -0.15) is 0 Å². The van der Waals surface area contributed by atoms with Crippen molar-refractivity contribution >= 4 is 50.6 Å². The van der Waals surface area contributed by atoms with Gasteiger partial charge >= 0.3 is 6.03 Å². The van der Waals surface area contributed by atoms with Gasteiger partial charge in [0.1, 0.15) is 5.82 Å². The number of hydrogen-bond acceptors (Lipinski definition) is 7. The van der Waals surface area contributed by atoms with E-state index in [0.717, 1.165) is 11.8 Å². The molecule has 1 aliphatic rings. The molecule has 1 aliphatic heterocycles. The molecule has 0 saturated heterocycles. The number of benzene rings is 1. The molecule has 2 aromatic heterocycles. The molecule has 1 aromatic carbocycles. The van der Waals surface area contributed by atoms with Gasteiger partial charge in [0.25, 0.3) is 5.91 Å². The minimum absolute atomic E-state index is 0.0367. The third-order valence-electron chi connectivity index (χ3n) is 5.68. The zero-order valence-electron chi connectivity index (χ0n) is 20.4. The van der Waals surface area contributed by atoms with Gasteiger partial charge in [-0.1, -0.05) is 44.5 Å². The van der Waals surface area contributed by atoms with E-state index in [4.69, 9.17) is 11.6 Å². The molecule has 0 fully saturated rings. The van der Waals surface area contributed by atoms with Gasteiger partial charge in [-0.25, -0.2) is 28.2 Å². The van der Waals surface area contributed by atoms with Crippen molar-refractivity contribution in [1.82, 2.24) is 15.0 Å². The molecule has 3 heterocycles. The highest BCUT2D eigenvalue weighted by atomic mass is 35.5. The summed E-state index contributed by atoms with van der Waals surface area (Å²) in [4.78, 5) is 40.8.